The van der Waals surface area contributed by atoms with Crippen molar-refractivity contribution < 1.29 is 4.74 Å². The van der Waals surface area contributed by atoms with Crippen LogP contribution in [-0.4, -0.2) is 23.6 Å². The fraction of sp³-hybridized carbons (Fsp3) is 0.286. The van der Waals surface area contributed by atoms with Crippen LogP contribution in [0.5, 0.6) is 5.75 Å². The molecule has 0 amide bonds. The number of nitrogens with two attached hydrogens (primary N) is 1. The SMILES string of the molecule is COc1ccc(CCNCc2cnc(N)nc2)cc1.Cl. The highest BCUT2D eigenvalue weighted by Gasteiger charge is 1.96. The summed E-state index contributed by atoms with van der Waals surface area (Å²) in [6, 6.07) is 8.10. The van der Waals surface area contributed by atoms with E-state index in [9.17, 15) is 0 Å². The number of halogens is 1. The van der Waals surface area contributed by atoms with Crippen molar-refractivity contribution in [3.05, 3.63) is 47.8 Å². The van der Waals surface area contributed by atoms with Crippen LogP contribution in [0.4, 0.5) is 5.95 Å². The minimum Gasteiger partial charge on any atom is -0.497 e. The Labute approximate surface area is 125 Å². The maximum Gasteiger partial charge on any atom is 0.219 e. The Morgan fingerprint density at radius 2 is 1.75 bits per heavy atom. The first-order chi connectivity index (χ1) is 9.28. The number of methoxy groups -OCH3 is 1. The van der Waals surface area contributed by atoms with Gasteiger partial charge in [-0.25, -0.2) is 9.97 Å². The van der Waals surface area contributed by atoms with Gasteiger partial charge in [0.15, 0.2) is 0 Å². The lowest BCUT2D eigenvalue weighted by atomic mass is 10.1. The van der Waals surface area contributed by atoms with Gasteiger partial charge < -0.3 is 15.8 Å². The van der Waals surface area contributed by atoms with Crippen molar-refractivity contribution in [2.75, 3.05) is 19.4 Å². The standard InChI is InChI=1S/C14H18N4O.ClH/c1-19-13-4-2-11(3-5-13)6-7-16-8-12-9-17-14(15)18-10-12;/h2-5,9-10,16H,6-8H2,1H3,(H2,15,17,18);1H. The number of benzene rings is 1. The largest absolute Gasteiger partial charge is 0.497 e. The van der Waals surface area contributed by atoms with Gasteiger partial charge in [-0.3, -0.25) is 0 Å². The molecule has 1 aromatic carbocycles. The fourth-order valence-electron chi connectivity index (χ4n) is 1.71. The van der Waals surface area contributed by atoms with Crippen LogP contribution in [0.3, 0.4) is 0 Å². The average molecular weight is 295 g/mol. The first-order valence-corrected chi connectivity index (χ1v) is 6.18. The first kappa shape index (κ1) is 16.2. The molecule has 0 saturated heterocycles. The lowest BCUT2D eigenvalue weighted by Gasteiger charge is -2.06. The molecule has 0 bridgehead atoms. The van der Waals surface area contributed by atoms with Crippen molar-refractivity contribution in [1.29, 1.82) is 0 Å². The average Bonchev–Trinajstić information content (AvgIpc) is 2.46. The van der Waals surface area contributed by atoms with E-state index in [0.29, 0.717) is 5.95 Å². The lowest BCUT2D eigenvalue weighted by molar-refractivity contribution is 0.414. The molecule has 0 fully saturated rings. The molecule has 6 heteroatoms. The maximum atomic E-state index is 5.43. The molecule has 1 aromatic heterocycles. The smallest absolute Gasteiger partial charge is 0.219 e. The van der Waals surface area contributed by atoms with E-state index in [2.05, 4.69) is 27.4 Å². The van der Waals surface area contributed by atoms with Crippen molar-refractivity contribution in [3.8, 4) is 5.75 Å². The third-order valence-electron chi connectivity index (χ3n) is 2.80. The molecule has 1 heterocycles. The summed E-state index contributed by atoms with van der Waals surface area (Å²) < 4.78 is 5.12. The predicted molar refractivity (Wildman–Crippen MR) is 82.1 cm³/mol. The molecule has 0 aliphatic carbocycles. The molecule has 3 N–H and O–H groups in total. The molecule has 0 saturated carbocycles. The summed E-state index contributed by atoms with van der Waals surface area (Å²) in [7, 11) is 1.67. The molecule has 0 spiro atoms. The minimum absolute atomic E-state index is 0. The lowest BCUT2D eigenvalue weighted by Crippen LogP contribution is -2.17. The molecule has 0 atom stereocenters. The van der Waals surface area contributed by atoms with Crippen LogP contribution in [0.15, 0.2) is 36.7 Å². The van der Waals surface area contributed by atoms with Gasteiger partial charge in [-0.2, -0.15) is 0 Å². The Morgan fingerprint density at radius 1 is 1.10 bits per heavy atom. The zero-order valence-corrected chi connectivity index (χ0v) is 12.2. The topological polar surface area (TPSA) is 73.1 Å². The Hall–Kier alpha value is -1.85. The van der Waals surface area contributed by atoms with Gasteiger partial charge in [0.2, 0.25) is 5.95 Å². The summed E-state index contributed by atoms with van der Waals surface area (Å²) in [5.74, 6) is 1.19. The van der Waals surface area contributed by atoms with Gasteiger partial charge in [-0.05, 0) is 30.7 Å². The van der Waals surface area contributed by atoms with Crippen LogP contribution in [0.2, 0.25) is 0 Å². The molecule has 0 aliphatic rings. The van der Waals surface area contributed by atoms with Crippen molar-refractivity contribution in [3.63, 3.8) is 0 Å². The molecular weight excluding hydrogens is 276 g/mol. The van der Waals surface area contributed by atoms with E-state index in [1.807, 2.05) is 12.1 Å². The highest BCUT2D eigenvalue weighted by atomic mass is 35.5. The molecule has 2 rings (SSSR count). The highest BCUT2D eigenvalue weighted by molar-refractivity contribution is 5.85. The second-order valence-corrected chi connectivity index (χ2v) is 4.22. The number of rotatable bonds is 6. The Bertz CT molecular complexity index is 502. The second-order valence-electron chi connectivity index (χ2n) is 4.22. The van der Waals surface area contributed by atoms with Gasteiger partial charge in [0, 0.05) is 24.5 Å². The fourth-order valence-corrected chi connectivity index (χ4v) is 1.71. The molecular formula is C14H19ClN4O. The number of hydrogen-bond acceptors (Lipinski definition) is 5. The first-order valence-electron chi connectivity index (χ1n) is 6.18. The van der Waals surface area contributed by atoms with Crippen molar-refractivity contribution in [1.82, 2.24) is 15.3 Å². The third kappa shape index (κ3) is 5.03. The number of hydrogen-bond donors (Lipinski definition) is 2. The molecule has 5 nitrogen and oxygen atoms in total. The highest BCUT2D eigenvalue weighted by Crippen LogP contribution is 2.11. The number of anilines is 1. The zero-order valence-electron chi connectivity index (χ0n) is 11.4. The van der Waals surface area contributed by atoms with E-state index >= 15 is 0 Å². The monoisotopic (exact) mass is 294 g/mol. The second kappa shape index (κ2) is 8.35. The van der Waals surface area contributed by atoms with Crippen LogP contribution in [0.1, 0.15) is 11.1 Å². The van der Waals surface area contributed by atoms with Crippen molar-refractivity contribution >= 4 is 18.4 Å². The van der Waals surface area contributed by atoms with Crippen LogP contribution in [-0.2, 0) is 13.0 Å². The van der Waals surface area contributed by atoms with E-state index in [1.54, 1.807) is 19.5 Å². The summed E-state index contributed by atoms with van der Waals surface area (Å²) in [6.07, 6.45) is 4.45. The van der Waals surface area contributed by atoms with Crippen molar-refractivity contribution in [2.24, 2.45) is 0 Å². The van der Waals surface area contributed by atoms with Crippen LogP contribution >= 0.6 is 12.4 Å². The van der Waals surface area contributed by atoms with Crippen LogP contribution in [0.25, 0.3) is 0 Å². The zero-order chi connectivity index (χ0) is 13.5. The quantitative estimate of drug-likeness (QED) is 0.795. The van der Waals surface area contributed by atoms with E-state index in [-0.39, 0.29) is 12.4 Å². The predicted octanol–water partition coefficient (Wildman–Crippen LogP) is 1.82. The number of nitrogen functional groups attached to an aromatic ring is 1. The molecule has 0 radical (unpaired) electrons. The van der Waals surface area contributed by atoms with Gasteiger partial charge in [0.25, 0.3) is 0 Å². The third-order valence-corrected chi connectivity index (χ3v) is 2.80. The Balaban J connectivity index is 0.00000200. The summed E-state index contributed by atoms with van der Waals surface area (Å²) in [4.78, 5) is 7.90. The molecule has 2 aromatic rings. The normalized spacial score (nSPS) is 9.85. The summed E-state index contributed by atoms with van der Waals surface area (Å²) in [5.41, 5.74) is 7.74. The van der Waals surface area contributed by atoms with Crippen LogP contribution in [0, 0.1) is 0 Å². The number of nitrogens with one attached hydrogen (secondary N) is 1. The van der Waals surface area contributed by atoms with Gasteiger partial charge in [0.1, 0.15) is 5.75 Å². The summed E-state index contributed by atoms with van der Waals surface area (Å²) in [6.45, 7) is 1.65. The van der Waals surface area contributed by atoms with Gasteiger partial charge >= 0.3 is 0 Å². The number of nitrogens with zero attached hydrogens (tertiary/aromatic N) is 2. The van der Waals surface area contributed by atoms with Crippen LogP contribution < -0.4 is 15.8 Å². The molecule has 0 unspecified atom stereocenters. The van der Waals surface area contributed by atoms with Gasteiger partial charge in [0.05, 0.1) is 7.11 Å². The van der Waals surface area contributed by atoms with E-state index < -0.39 is 0 Å². The summed E-state index contributed by atoms with van der Waals surface area (Å²) in [5, 5.41) is 3.35. The van der Waals surface area contributed by atoms with Gasteiger partial charge in [-0.1, -0.05) is 12.1 Å². The van der Waals surface area contributed by atoms with E-state index in [4.69, 9.17) is 10.5 Å². The van der Waals surface area contributed by atoms with E-state index in [0.717, 1.165) is 30.8 Å². The number of ether oxygens (including phenoxy) is 1. The Morgan fingerprint density at radius 3 is 2.35 bits per heavy atom. The minimum atomic E-state index is 0. The Kier molecular flexibility index (Phi) is 6.76. The van der Waals surface area contributed by atoms with Crippen molar-refractivity contribution in [2.45, 2.75) is 13.0 Å². The molecule has 20 heavy (non-hydrogen) atoms. The van der Waals surface area contributed by atoms with E-state index in [1.165, 1.54) is 5.56 Å². The molecule has 108 valence electrons. The molecule has 0 aliphatic heterocycles. The summed E-state index contributed by atoms with van der Waals surface area (Å²) >= 11 is 0. The van der Waals surface area contributed by atoms with Gasteiger partial charge in [-0.15, -0.1) is 12.4 Å². The number of aromatic nitrogens is 2. The maximum absolute atomic E-state index is 5.43.